The molecule has 0 saturated heterocycles. The van der Waals surface area contributed by atoms with E-state index in [1.165, 1.54) is 18.2 Å². The highest BCUT2D eigenvalue weighted by molar-refractivity contribution is 5.94. The lowest BCUT2D eigenvalue weighted by molar-refractivity contribution is -0.385. The van der Waals surface area contributed by atoms with Crippen LogP contribution in [0.1, 0.15) is 21.5 Å². The summed E-state index contributed by atoms with van der Waals surface area (Å²) in [5.74, 6) is 0.533. The van der Waals surface area contributed by atoms with Crippen molar-refractivity contribution in [3.8, 4) is 5.75 Å². The first-order valence-electron chi connectivity index (χ1n) is 7.18. The molecule has 0 heterocycles. The smallest absolute Gasteiger partial charge is 0.272 e. The standard InChI is InChI=1S/C17H18N2O4/c1-12-11-14(7-8-15(12)19(21)22)17(20)18-10-9-13-5-3-4-6-16(13)23-2/h3-8,11H,9-10H2,1-2H3,(H,18,20). The number of nitrogens with one attached hydrogen (secondary N) is 1. The maximum Gasteiger partial charge on any atom is 0.272 e. The molecule has 23 heavy (non-hydrogen) atoms. The number of aryl methyl sites for hydroxylation is 1. The van der Waals surface area contributed by atoms with Gasteiger partial charge in [-0.2, -0.15) is 0 Å². The Bertz CT molecular complexity index is 728. The lowest BCUT2D eigenvalue weighted by Gasteiger charge is -2.09. The molecule has 0 fully saturated rings. The number of nitro benzene ring substituents is 1. The summed E-state index contributed by atoms with van der Waals surface area (Å²) >= 11 is 0. The molecule has 0 saturated carbocycles. The quantitative estimate of drug-likeness (QED) is 0.656. The molecule has 6 heteroatoms. The van der Waals surface area contributed by atoms with Crippen LogP contribution < -0.4 is 10.1 Å². The van der Waals surface area contributed by atoms with E-state index in [-0.39, 0.29) is 11.6 Å². The third kappa shape index (κ3) is 4.06. The van der Waals surface area contributed by atoms with Crippen molar-refractivity contribution >= 4 is 11.6 Å². The van der Waals surface area contributed by atoms with Crippen LogP contribution in [0.2, 0.25) is 0 Å². The number of methoxy groups -OCH3 is 1. The van der Waals surface area contributed by atoms with E-state index in [2.05, 4.69) is 5.32 Å². The largest absolute Gasteiger partial charge is 0.496 e. The van der Waals surface area contributed by atoms with Gasteiger partial charge < -0.3 is 10.1 Å². The van der Waals surface area contributed by atoms with Crippen LogP contribution in [0.25, 0.3) is 0 Å². The monoisotopic (exact) mass is 314 g/mol. The molecule has 1 amide bonds. The highest BCUT2D eigenvalue weighted by Gasteiger charge is 2.13. The van der Waals surface area contributed by atoms with Crippen LogP contribution in [0.4, 0.5) is 5.69 Å². The Morgan fingerprint density at radius 2 is 2.00 bits per heavy atom. The SMILES string of the molecule is COc1ccccc1CCNC(=O)c1ccc([N+](=O)[O-])c(C)c1. The molecule has 0 aliphatic heterocycles. The van der Waals surface area contributed by atoms with E-state index < -0.39 is 4.92 Å². The maximum absolute atomic E-state index is 12.1. The fraction of sp³-hybridized carbons (Fsp3) is 0.235. The van der Waals surface area contributed by atoms with Crippen molar-refractivity contribution in [1.29, 1.82) is 0 Å². The van der Waals surface area contributed by atoms with Gasteiger partial charge in [-0.25, -0.2) is 0 Å². The molecule has 6 nitrogen and oxygen atoms in total. The average Bonchev–Trinajstić information content (AvgIpc) is 2.54. The number of ether oxygens (including phenoxy) is 1. The Labute approximate surface area is 134 Å². The third-order valence-electron chi connectivity index (χ3n) is 3.53. The summed E-state index contributed by atoms with van der Waals surface area (Å²) in [6, 6.07) is 12.0. The molecule has 2 aromatic rings. The molecule has 0 atom stereocenters. The van der Waals surface area contributed by atoms with Crippen molar-refractivity contribution in [2.45, 2.75) is 13.3 Å². The number of hydrogen-bond donors (Lipinski definition) is 1. The van der Waals surface area contributed by atoms with Gasteiger partial charge >= 0.3 is 0 Å². The van der Waals surface area contributed by atoms with Gasteiger partial charge in [0.15, 0.2) is 0 Å². The number of nitrogens with zero attached hydrogens (tertiary/aromatic N) is 1. The average molecular weight is 314 g/mol. The lowest BCUT2D eigenvalue weighted by Crippen LogP contribution is -2.25. The predicted molar refractivity (Wildman–Crippen MR) is 86.9 cm³/mol. The second-order valence-corrected chi connectivity index (χ2v) is 5.08. The Kier molecular flexibility index (Phi) is 5.30. The summed E-state index contributed by atoms with van der Waals surface area (Å²) < 4.78 is 5.26. The van der Waals surface area contributed by atoms with E-state index in [1.54, 1.807) is 14.0 Å². The minimum absolute atomic E-state index is 0.00979. The van der Waals surface area contributed by atoms with E-state index in [0.717, 1.165) is 11.3 Å². The summed E-state index contributed by atoms with van der Waals surface area (Å²) in [7, 11) is 1.61. The molecule has 2 aromatic carbocycles. The molecule has 2 rings (SSSR count). The van der Waals surface area contributed by atoms with Crippen molar-refractivity contribution in [2.24, 2.45) is 0 Å². The fourth-order valence-corrected chi connectivity index (χ4v) is 2.32. The number of amides is 1. The lowest BCUT2D eigenvalue weighted by atomic mass is 10.1. The first-order valence-corrected chi connectivity index (χ1v) is 7.18. The highest BCUT2D eigenvalue weighted by Crippen LogP contribution is 2.19. The second kappa shape index (κ2) is 7.40. The van der Waals surface area contributed by atoms with Gasteiger partial charge in [0, 0.05) is 23.7 Å². The zero-order valence-electron chi connectivity index (χ0n) is 13.0. The van der Waals surface area contributed by atoms with Crippen LogP contribution in [-0.2, 0) is 6.42 Å². The predicted octanol–water partition coefficient (Wildman–Crippen LogP) is 2.88. The summed E-state index contributed by atoms with van der Waals surface area (Å²) in [6.45, 7) is 2.07. The second-order valence-electron chi connectivity index (χ2n) is 5.08. The van der Waals surface area contributed by atoms with Crippen LogP contribution in [0.3, 0.4) is 0 Å². The maximum atomic E-state index is 12.1. The van der Waals surface area contributed by atoms with E-state index in [0.29, 0.717) is 24.1 Å². The van der Waals surface area contributed by atoms with Crippen molar-refractivity contribution < 1.29 is 14.5 Å². The number of carbonyl (C=O) groups is 1. The highest BCUT2D eigenvalue weighted by atomic mass is 16.6. The molecular weight excluding hydrogens is 296 g/mol. The van der Waals surface area contributed by atoms with Crippen LogP contribution in [0.15, 0.2) is 42.5 Å². The summed E-state index contributed by atoms with van der Waals surface area (Å²) in [4.78, 5) is 22.4. The minimum Gasteiger partial charge on any atom is -0.496 e. The number of carbonyl (C=O) groups excluding carboxylic acids is 1. The zero-order valence-corrected chi connectivity index (χ0v) is 13.0. The molecule has 0 bridgehead atoms. The molecule has 0 unspecified atom stereocenters. The van der Waals surface area contributed by atoms with Gasteiger partial charge in [-0.15, -0.1) is 0 Å². The molecule has 1 N–H and O–H groups in total. The Hall–Kier alpha value is -2.89. The minimum atomic E-state index is -0.460. The van der Waals surface area contributed by atoms with E-state index in [9.17, 15) is 14.9 Å². The molecular formula is C17H18N2O4. The molecule has 0 spiro atoms. The number of benzene rings is 2. The Morgan fingerprint density at radius 1 is 1.26 bits per heavy atom. The number of rotatable bonds is 6. The molecule has 0 aliphatic rings. The third-order valence-corrected chi connectivity index (χ3v) is 3.53. The van der Waals surface area contributed by atoms with Crippen molar-refractivity contribution in [2.75, 3.05) is 13.7 Å². The van der Waals surface area contributed by atoms with Gasteiger partial charge in [-0.05, 0) is 37.1 Å². The van der Waals surface area contributed by atoms with Crippen LogP contribution >= 0.6 is 0 Å². The van der Waals surface area contributed by atoms with Crippen LogP contribution in [0.5, 0.6) is 5.75 Å². The van der Waals surface area contributed by atoms with E-state index in [1.807, 2.05) is 24.3 Å². The molecule has 0 radical (unpaired) electrons. The zero-order chi connectivity index (χ0) is 16.8. The van der Waals surface area contributed by atoms with Gasteiger partial charge in [-0.1, -0.05) is 18.2 Å². The summed E-state index contributed by atoms with van der Waals surface area (Å²) in [5, 5.41) is 13.6. The Balaban J connectivity index is 1.97. The number of hydrogen-bond acceptors (Lipinski definition) is 4. The number of para-hydroxylation sites is 1. The Morgan fingerprint density at radius 3 is 2.65 bits per heavy atom. The van der Waals surface area contributed by atoms with E-state index in [4.69, 9.17) is 4.74 Å². The summed E-state index contributed by atoms with van der Waals surface area (Å²) in [5.41, 5.74) is 1.89. The van der Waals surface area contributed by atoms with Gasteiger partial charge in [-0.3, -0.25) is 14.9 Å². The van der Waals surface area contributed by atoms with Crippen molar-refractivity contribution in [3.05, 3.63) is 69.3 Å². The fourth-order valence-electron chi connectivity index (χ4n) is 2.32. The van der Waals surface area contributed by atoms with Crippen molar-refractivity contribution in [1.82, 2.24) is 5.32 Å². The van der Waals surface area contributed by atoms with Gasteiger partial charge in [0.25, 0.3) is 11.6 Å². The van der Waals surface area contributed by atoms with Crippen LogP contribution in [-0.4, -0.2) is 24.5 Å². The first-order chi connectivity index (χ1) is 11.0. The van der Waals surface area contributed by atoms with Gasteiger partial charge in [0.1, 0.15) is 5.75 Å². The van der Waals surface area contributed by atoms with Gasteiger partial charge in [0.2, 0.25) is 0 Å². The molecule has 0 aromatic heterocycles. The van der Waals surface area contributed by atoms with Crippen LogP contribution in [0, 0.1) is 17.0 Å². The first kappa shape index (κ1) is 16.5. The number of nitro groups is 1. The topological polar surface area (TPSA) is 81.5 Å². The summed E-state index contributed by atoms with van der Waals surface area (Å²) in [6.07, 6.45) is 0.641. The molecule has 0 aliphatic carbocycles. The molecule has 120 valence electrons. The van der Waals surface area contributed by atoms with Gasteiger partial charge in [0.05, 0.1) is 12.0 Å². The normalized spacial score (nSPS) is 10.2. The van der Waals surface area contributed by atoms with E-state index >= 15 is 0 Å². The van der Waals surface area contributed by atoms with Crippen molar-refractivity contribution in [3.63, 3.8) is 0 Å².